The van der Waals surface area contributed by atoms with Crippen molar-refractivity contribution in [3.8, 4) is 0 Å². The standard InChI is InChI=1S/C15H17NO2/c1-16(11-12-5-3-2-4-6-12)14-9-7-13(8-10-14)15(17)18/h3,5-10H,2,4,11H2,1H3,(H,17,18). The summed E-state index contributed by atoms with van der Waals surface area (Å²) in [4.78, 5) is 12.9. The molecule has 94 valence electrons. The van der Waals surface area contributed by atoms with E-state index >= 15 is 0 Å². The van der Waals surface area contributed by atoms with Gasteiger partial charge in [-0.25, -0.2) is 4.79 Å². The van der Waals surface area contributed by atoms with Crippen LogP contribution in [-0.4, -0.2) is 24.7 Å². The van der Waals surface area contributed by atoms with Gasteiger partial charge in [-0.05, 0) is 42.7 Å². The van der Waals surface area contributed by atoms with E-state index in [4.69, 9.17) is 5.11 Å². The highest BCUT2D eigenvalue weighted by Crippen LogP contribution is 2.17. The van der Waals surface area contributed by atoms with Crippen LogP contribution in [0.4, 0.5) is 5.69 Å². The maximum absolute atomic E-state index is 10.8. The number of hydrogen-bond acceptors (Lipinski definition) is 2. The quantitative estimate of drug-likeness (QED) is 0.883. The maximum atomic E-state index is 10.8. The Morgan fingerprint density at radius 2 is 2.00 bits per heavy atom. The van der Waals surface area contributed by atoms with E-state index in [1.807, 2.05) is 19.2 Å². The molecule has 0 fully saturated rings. The average Bonchev–Trinajstić information content (AvgIpc) is 2.40. The third-order valence-corrected chi connectivity index (χ3v) is 3.05. The lowest BCUT2D eigenvalue weighted by atomic mass is 10.1. The molecule has 0 spiro atoms. The summed E-state index contributed by atoms with van der Waals surface area (Å²) in [5, 5.41) is 8.84. The van der Waals surface area contributed by atoms with E-state index in [1.54, 1.807) is 12.1 Å². The Morgan fingerprint density at radius 1 is 1.28 bits per heavy atom. The number of carboxylic acid groups (broad SMARTS) is 1. The second-order valence-electron chi connectivity index (χ2n) is 4.47. The molecule has 0 saturated heterocycles. The van der Waals surface area contributed by atoms with Crippen LogP contribution in [0.3, 0.4) is 0 Å². The van der Waals surface area contributed by atoms with E-state index in [9.17, 15) is 4.79 Å². The van der Waals surface area contributed by atoms with Crippen molar-refractivity contribution >= 4 is 11.7 Å². The van der Waals surface area contributed by atoms with Crippen LogP contribution in [0.25, 0.3) is 0 Å². The summed E-state index contributed by atoms with van der Waals surface area (Å²) in [5.74, 6) is -0.887. The SMILES string of the molecule is CN(CC1=CCCC=C1)c1ccc(C(=O)O)cc1. The molecule has 0 radical (unpaired) electrons. The summed E-state index contributed by atoms with van der Waals surface area (Å²) >= 11 is 0. The number of nitrogens with zero attached hydrogens (tertiary/aromatic N) is 1. The molecule has 1 aromatic rings. The van der Waals surface area contributed by atoms with Gasteiger partial charge in [0.25, 0.3) is 0 Å². The highest BCUT2D eigenvalue weighted by molar-refractivity contribution is 5.88. The van der Waals surface area contributed by atoms with Gasteiger partial charge in [-0.2, -0.15) is 0 Å². The molecule has 0 aromatic heterocycles. The molecule has 0 amide bonds. The summed E-state index contributed by atoms with van der Waals surface area (Å²) < 4.78 is 0. The van der Waals surface area contributed by atoms with E-state index in [2.05, 4.69) is 23.1 Å². The van der Waals surface area contributed by atoms with Gasteiger partial charge in [0.15, 0.2) is 0 Å². The molecule has 3 nitrogen and oxygen atoms in total. The monoisotopic (exact) mass is 243 g/mol. The minimum absolute atomic E-state index is 0.323. The molecule has 18 heavy (non-hydrogen) atoms. The molecule has 1 N–H and O–H groups in total. The largest absolute Gasteiger partial charge is 0.478 e. The molecule has 0 unspecified atom stereocenters. The van der Waals surface area contributed by atoms with Gasteiger partial charge in [0.2, 0.25) is 0 Å². The van der Waals surface area contributed by atoms with Crippen LogP contribution in [0.15, 0.2) is 48.1 Å². The topological polar surface area (TPSA) is 40.5 Å². The minimum Gasteiger partial charge on any atom is -0.478 e. The van der Waals surface area contributed by atoms with E-state index in [0.717, 1.165) is 25.1 Å². The van der Waals surface area contributed by atoms with Crippen molar-refractivity contribution < 1.29 is 9.90 Å². The molecule has 0 aliphatic heterocycles. The molecule has 1 aliphatic carbocycles. The van der Waals surface area contributed by atoms with Crippen molar-refractivity contribution in [3.63, 3.8) is 0 Å². The number of carboxylic acids is 1. The third kappa shape index (κ3) is 3.00. The Morgan fingerprint density at radius 3 is 2.56 bits per heavy atom. The number of allylic oxidation sites excluding steroid dienone is 2. The van der Waals surface area contributed by atoms with Crippen molar-refractivity contribution in [3.05, 3.63) is 53.6 Å². The first-order valence-corrected chi connectivity index (χ1v) is 6.07. The van der Waals surface area contributed by atoms with Gasteiger partial charge >= 0.3 is 5.97 Å². The zero-order valence-corrected chi connectivity index (χ0v) is 10.5. The number of aromatic carboxylic acids is 1. The van der Waals surface area contributed by atoms with Crippen LogP contribution >= 0.6 is 0 Å². The van der Waals surface area contributed by atoms with Crippen molar-refractivity contribution in [2.24, 2.45) is 0 Å². The molecule has 0 atom stereocenters. The first-order valence-electron chi connectivity index (χ1n) is 6.07. The Kier molecular flexibility index (Phi) is 3.82. The van der Waals surface area contributed by atoms with Gasteiger partial charge in [-0.15, -0.1) is 0 Å². The van der Waals surface area contributed by atoms with Crippen LogP contribution in [0, 0.1) is 0 Å². The minimum atomic E-state index is -0.887. The zero-order chi connectivity index (χ0) is 13.0. The summed E-state index contributed by atoms with van der Waals surface area (Å²) in [5.41, 5.74) is 2.66. The number of anilines is 1. The number of benzene rings is 1. The second kappa shape index (κ2) is 5.54. The van der Waals surface area contributed by atoms with Crippen molar-refractivity contribution in [1.82, 2.24) is 0 Å². The van der Waals surface area contributed by atoms with Crippen LogP contribution in [0.2, 0.25) is 0 Å². The van der Waals surface area contributed by atoms with Crippen LogP contribution < -0.4 is 4.90 Å². The van der Waals surface area contributed by atoms with Crippen molar-refractivity contribution in [1.29, 1.82) is 0 Å². The molecule has 0 bridgehead atoms. The summed E-state index contributed by atoms with van der Waals surface area (Å²) in [6.07, 6.45) is 8.84. The molecule has 2 rings (SSSR count). The fourth-order valence-electron chi connectivity index (χ4n) is 2.01. The number of carbonyl (C=O) groups is 1. The van der Waals surface area contributed by atoms with E-state index < -0.39 is 5.97 Å². The van der Waals surface area contributed by atoms with E-state index in [-0.39, 0.29) is 0 Å². The molecule has 3 heteroatoms. The lowest BCUT2D eigenvalue weighted by Crippen LogP contribution is -2.20. The normalized spacial score (nSPS) is 14.2. The summed E-state index contributed by atoms with van der Waals surface area (Å²) in [6.45, 7) is 0.850. The van der Waals surface area contributed by atoms with E-state index in [1.165, 1.54) is 5.57 Å². The molecule has 0 heterocycles. The van der Waals surface area contributed by atoms with Crippen LogP contribution in [0.1, 0.15) is 23.2 Å². The predicted molar refractivity (Wildman–Crippen MR) is 73.1 cm³/mol. The van der Waals surface area contributed by atoms with Crippen LogP contribution in [0.5, 0.6) is 0 Å². The highest BCUT2D eigenvalue weighted by Gasteiger charge is 2.06. The smallest absolute Gasteiger partial charge is 0.335 e. The van der Waals surface area contributed by atoms with Gasteiger partial charge < -0.3 is 10.0 Å². The molecular formula is C15H17NO2. The fraction of sp³-hybridized carbons (Fsp3) is 0.267. The Balaban J connectivity index is 2.04. The Bertz CT molecular complexity index is 486. The maximum Gasteiger partial charge on any atom is 0.335 e. The predicted octanol–water partition coefficient (Wildman–Crippen LogP) is 3.10. The first-order chi connectivity index (χ1) is 8.66. The number of likely N-dealkylation sites (N-methyl/N-ethyl adjacent to an activating group) is 1. The average molecular weight is 243 g/mol. The van der Waals surface area contributed by atoms with Gasteiger partial charge in [0, 0.05) is 19.3 Å². The Hall–Kier alpha value is -2.03. The van der Waals surface area contributed by atoms with Gasteiger partial charge in [0.1, 0.15) is 0 Å². The molecular weight excluding hydrogens is 226 g/mol. The lowest BCUT2D eigenvalue weighted by Gasteiger charge is -2.21. The highest BCUT2D eigenvalue weighted by atomic mass is 16.4. The lowest BCUT2D eigenvalue weighted by molar-refractivity contribution is 0.0697. The molecule has 1 aliphatic rings. The van der Waals surface area contributed by atoms with Gasteiger partial charge in [-0.1, -0.05) is 18.2 Å². The number of rotatable bonds is 4. The third-order valence-electron chi connectivity index (χ3n) is 3.05. The number of hydrogen-bond donors (Lipinski definition) is 1. The Labute approximate surface area is 107 Å². The second-order valence-corrected chi connectivity index (χ2v) is 4.47. The molecule has 1 aromatic carbocycles. The van der Waals surface area contributed by atoms with Crippen LogP contribution in [-0.2, 0) is 0 Å². The van der Waals surface area contributed by atoms with Crippen molar-refractivity contribution in [2.75, 3.05) is 18.5 Å². The molecule has 0 saturated carbocycles. The van der Waals surface area contributed by atoms with Gasteiger partial charge in [-0.3, -0.25) is 0 Å². The summed E-state index contributed by atoms with van der Waals surface area (Å²) in [7, 11) is 2.01. The van der Waals surface area contributed by atoms with Gasteiger partial charge in [0.05, 0.1) is 5.56 Å². The van der Waals surface area contributed by atoms with Crippen molar-refractivity contribution in [2.45, 2.75) is 12.8 Å². The van der Waals surface area contributed by atoms with E-state index in [0.29, 0.717) is 5.56 Å². The fourth-order valence-corrected chi connectivity index (χ4v) is 2.01. The zero-order valence-electron chi connectivity index (χ0n) is 10.5. The summed E-state index contributed by atoms with van der Waals surface area (Å²) in [6, 6.07) is 6.96. The first kappa shape index (κ1) is 12.4.